The third kappa shape index (κ3) is 4.63. The monoisotopic (exact) mass is 483 g/mol. The first kappa shape index (κ1) is 22.7. The van der Waals surface area contributed by atoms with Crippen molar-refractivity contribution in [2.75, 3.05) is 12.0 Å². The van der Waals surface area contributed by atoms with Gasteiger partial charge in [-0.1, -0.05) is 24.3 Å². The molecule has 0 unspecified atom stereocenters. The number of aryl methyl sites for hydroxylation is 1. The van der Waals surface area contributed by atoms with Crippen molar-refractivity contribution in [3.8, 4) is 16.2 Å². The molecular formula is C28H22FN3O2S. The molecule has 2 aromatic heterocycles. The Morgan fingerprint density at radius 3 is 2.54 bits per heavy atom. The minimum Gasteiger partial charge on any atom is -0.496 e. The number of benzene rings is 3. The van der Waals surface area contributed by atoms with Crippen molar-refractivity contribution in [2.24, 2.45) is 0 Å². The van der Waals surface area contributed by atoms with Crippen LogP contribution >= 0.6 is 11.3 Å². The second-order valence-corrected chi connectivity index (χ2v) is 9.21. The number of carbonyl (C=O) groups is 1. The zero-order valence-electron chi connectivity index (χ0n) is 19.2. The Morgan fingerprint density at radius 1 is 1.00 bits per heavy atom. The number of fused-ring (bicyclic) bond motifs is 1. The Labute approximate surface area is 206 Å². The second kappa shape index (κ2) is 9.64. The normalized spacial score (nSPS) is 10.9. The van der Waals surface area contributed by atoms with Crippen LogP contribution < -0.4 is 9.64 Å². The molecule has 5 aromatic rings. The van der Waals surface area contributed by atoms with Gasteiger partial charge in [-0.15, -0.1) is 11.3 Å². The molecule has 0 fully saturated rings. The molecule has 35 heavy (non-hydrogen) atoms. The van der Waals surface area contributed by atoms with Gasteiger partial charge in [0.15, 0.2) is 0 Å². The van der Waals surface area contributed by atoms with E-state index in [1.54, 1.807) is 42.7 Å². The summed E-state index contributed by atoms with van der Waals surface area (Å²) in [6.45, 7) is 2.20. The summed E-state index contributed by atoms with van der Waals surface area (Å²) in [6.07, 6.45) is 1.44. The summed E-state index contributed by atoms with van der Waals surface area (Å²) < 4.78 is 20.2. The Balaban J connectivity index is 1.49. The number of carbonyl (C=O) groups excluding carboxylic acids is 1. The number of amides is 1. The van der Waals surface area contributed by atoms with Crippen molar-refractivity contribution >= 4 is 34.0 Å². The van der Waals surface area contributed by atoms with Crippen LogP contribution in [0.1, 0.15) is 20.9 Å². The summed E-state index contributed by atoms with van der Waals surface area (Å²) >= 11 is 1.56. The maximum atomic E-state index is 14.8. The fourth-order valence-corrected chi connectivity index (χ4v) is 4.93. The van der Waals surface area contributed by atoms with Gasteiger partial charge in [0, 0.05) is 9.75 Å². The highest BCUT2D eigenvalue weighted by molar-refractivity contribution is 7.15. The van der Waals surface area contributed by atoms with Crippen molar-refractivity contribution in [1.29, 1.82) is 0 Å². The number of ether oxygens (including phenoxy) is 1. The highest BCUT2D eigenvalue weighted by atomic mass is 32.1. The van der Waals surface area contributed by atoms with E-state index >= 15 is 0 Å². The Morgan fingerprint density at radius 2 is 1.77 bits per heavy atom. The molecule has 0 saturated carbocycles. The fraction of sp³-hybridized carbons (Fsp3) is 0.107. The van der Waals surface area contributed by atoms with Crippen LogP contribution in [0.2, 0.25) is 0 Å². The van der Waals surface area contributed by atoms with Gasteiger partial charge in [0.05, 0.1) is 36.6 Å². The van der Waals surface area contributed by atoms with Gasteiger partial charge in [-0.3, -0.25) is 14.7 Å². The predicted molar refractivity (Wildman–Crippen MR) is 137 cm³/mol. The first-order valence-electron chi connectivity index (χ1n) is 11.1. The van der Waals surface area contributed by atoms with E-state index in [1.165, 1.54) is 17.2 Å². The molecule has 174 valence electrons. The molecule has 0 saturated heterocycles. The maximum Gasteiger partial charge on any atom is 0.278 e. The van der Waals surface area contributed by atoms with Gasteiger partial charge in [-0.25, -0.2) is 9.37 Å². The van der Waals surface area contributed by atoms with E-state index in [1.807, 2.05) is 49.4 Å². The van der Waals surface area contributed by atoms with Crippen LogP contribution in [0.15, 0.2) is 85.1 Å². The molecule has 0 N–H and O–H groups in total. The summed E-state index contributed by atoms with van der Waals surface area (Å²) in [6, 6.07) is 23.6. The number of hydrogen-bond acceptors (Lipinski definition) is 5. The number of nitrogens with zero attached hydrogens (tertiary/aromatic N) is 3. The molecule has 0 aliphatic heterocycles. The fourth-order valence-electron chi connectivity index (χ4n) is 3.94. The van der Waals surface area contributed by atoms with Crippen molar-refractivity contribution in [3.63, 3.8) is 0 Å². The smallest absolute Gasteiger partial charge is 0.278 e. The first-order valence-corrected chi connectivity index (χ1v) is 11.9. The largest absolute Gasteiger partial charge is 0.496 e. The molecule has 0 bridgehead atoms. The summed E-state index contributed by atoms with van der Waals surface area (Å²) in [5, 5.41) is 0. The highest BCUT2D eigenvalue weighted by Gasteiger charge is 2.23. The molecule has 5 rings (SSSR count). The number of halogens is 1. The summed E-state index contributed by atoms with van der Waals surface area (Å²) in [5.41, 5.74) is 3.76. The van der Waals surface area contributed by atoms with Crippen LogP contribution in [0, 0.1) is 12.7 Å². The zero-order chi connectivity index (χ0) is 24.4. The van der Waals surface area contributed by atoms with Gasteiger partial charge in [-0.2, -0.15) is 0 Å². The van der Waals surface area contributed by atoms with Crippen LogP contribution in [0.5, 0.6) is 5.75 Å². The Hall–Kier alpha value is -4.10. The van der Waals surface area contributed by atoms with Crippen LogP contribution in [-0.2, 0) is 6.54 Å². The minimum atomic E-state index is -0.475. The van der Waals surface area contributed by atoms with E-state index in [9.17, 15) is 9.18 Å². The predicted octanol–water partition coefficient (Wildman–Crippen LogP) is 6.66. The van der Waals surface area contributed by atoms with E-state index in [4.69, 9.17) is 4.74 Å². The van der Waals surface area contributed by atoms with Gasteiger partial charge in [0.25, 0.3) is 5.91 Å². The molecule has 0 aliphatic carbocycles. The lowest BCUT2D eigenvalue weighted by Gasteiger charge is -2.22. The number of thiophene rings is 1. The third-order valence-electron chi connectivity index (χ3n) is 5.71. The van der Waals surface area contributed by atoms with E-state index in [0.29, 0.717) is 11.0 Å². The summed E-state index contributed by atoms with van der Waals surface area (Å²) in [5.74, 6) is -0.0564. The van der Waals surface area contributed by atoms with Gasteiger partial charge in [0.1, 0.15) is 17.3 Å². The number of para-hydroxylation sites is 3. The lowest BCUT2D eigenvalue weighted by molar-refractivity contribution is 0.0979. The molecule has 5 nitrogen and oxygen atoms in total. The topological polar surface area (TPSA) is 55.3 Å². The average Bonchev–Trinajstić information content (AvgIpc) is 3.36. The van der Waals surface area contributed by atoms with Gasteiger partial charge >= 0.3 is 0 Å². The minimum absolute atomic E-state index is 0.162. The lowest BCUT2D eigenvalue weighted by Crippen LogP contribution is -2.31. The number of anilines is 1. The number of hydrogen-bond donors (Lipinski definition) is 0. The summed E-state index contributed by atoms with van der Waals surface area (Å²) in [7, 11) is 1.65. The summed E-state index contributed by atoms with van der Waals surface area (Å²) in [4.78, 5) is 25.8. The molecule has 0 radical (unpaired) electrons. The highest BCUT2D eigenvalue weighted by Crippen LogP contribution is 2.33. The van der Waals surface area contributed by atoms with Crippen LogP contribution in [0.3, 0.4) is 0 Å². The van der Waals surface area contributed by atoms with E-state index in [-0.39, 0.29) is 17.9 Å². The van der Waals surface area contributed by atoms with Crippen molar-refractivity contribution < 1.29 is 13.9 Å². The molecule has 0 spiro atoms. The first-order chi connectivity index (χ1) is 17.0. The molecule has 0 aliphatic rings. The molecule has 0 atom stereocenters. The van der Waals surface area contributed by atoms with Crippen molar-refractivity contribution in [3.05, 3.63) is 107 Å². The van der Waals surface area contributed by atoms with Gasteiger partial charge < -0.3 is 4.74 Å². The van der Waals surface area contributed by atoms with Crippen molar-refractivity contribution in [1.82, 2.24) is 9.97 Å². The Kier molecular flexibility index (Phi) is 6.25. The number of methoxy groups -OCH3 is 1. The van der Waals surface area contributed by atoms with Crippen LogP contribution in [0.25, 0.3) is 21.5 Å². The molecular weight excluding hydrogens is 461 g/mol. The SMILES string of the molecule is COc1ccc(-c2ccc(CN(C(=O)c3cnc4ccccc4n3)c3ccccc3F)s2)cc1C. The van der Waals surface area contributed by atoms with Crippen molar-refractivity contribution in [2.45, 2.75) is 13.5 Å². The Bertz CT molecular complexity index is 1530. The lowest BCUT2D eigenvalue weighted by atomic mass is 10.1. The number of aromatic nitrogens is 2. The maximum absolute atomic E-state index is 14.8. The van der Waals surface area contributed by atoms with E-state index < -0.39 is 11.7 Å². The molecule has 3 aromatic carbocycles. The van der Waals surface area contributed by atoms with Gasteiger partial charge in [0.2, 0.25) is 0 Å². The average molecular weight is 484 g/mol. The molecule has 1 amide bonds. The zero-order valence-corrected chi connectivity index (χ0v) is 20.1. The van der Waals surface area contributed by atoms with E-state index in [2.05, 4.69) is 16.0 Å². The molecule has 7 heteroatoms. The van der Waals surface area contributed by atoms with Gasteiger partial charge in [-0.05, 0) is 72.6 Å². The number of rotatable bonds is 6. The standard InChI is InChI=1S/C28H22FN3O2S/c1-18-15-19(11-13-26(18)34-2)27-14-12-20(35-27)17-32(25-10-6-3-7-21(25)29)28(33)24-16-30-22-8-4-5-9-23(22)31-24/h3-16H,17H2,1-2H3. The van der Waals surface area contributed by atoms with Crippen LogP contribution in [0.4, 0.5) is 10.1 Å². The second-order valence-electron chi connectivity index (χ2n) is 8.04. The third-order valence-corrected chi connectivity index (χ3v) is 6.83. The van der Waals surface area contributed by atoms with Crippen LogP contribution in [-0.4, -0.2) is 23.0 Å². The van der Waals surface area contributed by atoms with E-state index in [0.717, 1.165) is 26.6 Å². The molecule has 2 heterocycles. The quantitative estimate of drug-likeness (QED) is 0.271.